The number of non-ortho nitro benzene ring substituents is 1. The standard InChI is InChI=1S/C19H16N6O5S/c1-12-2-8-15(9-3-12)31-19-17(25(29)30)18(20-11-21-19)23-22-16(26)10-13-4-6-14(7-5-13)24(27)28/h2-9,11H,10H2,1H3,(H,22,26)(H,20,21,23). The second-order valence-corrected chi connectivity index (χ2v) is 7.38. The number of nitrogens with zero attached hydrogens (tertiary/aromatic N) is 4. The summed E-state index contributed by atoms with van der Waals surface area (Å²) in [7, 11) is 0. The van der Waals surface area contributed by atoms with Crippen LogP contribution in [0.25, 0.3) is 0 Å². The molecule has 0 saturated heterocycles. The van der Waals surface area contributed by atoms with Crippen LogP contribution in [0.3, 0.4) is 0 Å². The molecule has 12 heteroatoms. The minimum Gasteiger partial charge on any atom is -0.276 e. The third kappa shape index (κ3) is 5.73. The molecular formula is C19H16N6O5S. The molecule has 0 radical (unpaired) electrons. The summed E-state index contributed by atoms with van der Waals surface area (Å²) in [6, 6.07) is 12.9. The van der Waals surface area contributed by atoms with Crippen molar-refractivity contribution in [3.63, 3.8) is 0 Å². The van der Waals surface area contributed by atoms with Crippen LogP contribution in [0.2, 0.25) is 0 Å². The molecular weight excluding hydrogens is 424 g/mol. The van der Waals surface area contributed by atoms with E-state index in [1.807, 2.05) is 31.2 Å². The van der Waals surface area contributed by atoms with Crippen LogP contribution in [0, 0.1) is 27.2 Å². The number of nitro groups is 2. The Morgan fingerprint density at radius 3 is 2.29 bits per heavy atom. The van der Waals surface area contributed by atoms with E-state index in [-0.39, 0.29) is 28.6 Å². The minimum atomic E-state index is -0.624. The molecule has 0 spiro atoms. The van der Waals surface area contributed by atoms with Gasteiger partial charge in [-0.3, -0.25) is 35.9 Å². The Balaban J connectivity index is 1.70. The Labute approximate surface area is 180 Å². The number of anilines is 1. The van der Waals surface area contributed by atoms with Gasteiger partial charge >= 0.3 is 5.69 Å². The summed E-state index contributed by atoms with van der Waals surface area (Å²) in [6.07, 6.45) is 1.07. The predicted octanol–water partition coefficient (Wildman–Crippen LogP) is 3.44. The molecule has 31 heavy (non-hydrogen) atoms. The molecule has 0 aliphatic rings. The van der Waals surface area contributed by atoms with Crippen molar-refractivity contribution in [1.29, 1.82) is 0 Å². The molecule has 11 nitrogen and oxygen atoms in total. The lowest BCUT2D eigenvalue weighted by molar-refractivity contribution is -0.387. The quantitative estimate of drug-likeness (QED) is 0.304. The molecule has 0 aliphatic carbocycles. The third-order valence-corrected chi connectivity index (χ3v) is 5.04. The van der Waals surface area contributed by atoms with E-state index in [1.165, 1.54) is 24.3 Å². The second kappa shape index (κ2) is 9.63. The number of aryl methyl sites for hydroxylation is 1. The van der Waals surface area contributed by atoms with Crippen LogP contribution in [0.4, 0.5) is 17.2 Å². The van der Waals surface area contributed by atoms with Crippen molar-refractivity contribution in [3.8, 4) is 0 Å². The summed E-state index contributed by atoms with van der Waals surface area (Å²) in [5, 5.41) is 22.4. The van der Waals surface area contributed by atoms with Crippen molar-refractivity contribution in [2.75, 3.05) is 5.43 Å². The molecule has 2 aromatic carbocycles. The number of aromatic nitrogens is 2. The van der Waals surface area contributed by atoms with Crippen LogP contribution in [0.5, 0.6) is 0 Å². The summed E-state index contributed by atoms with van der Waals surface area (Å²) < 4.78 is 0. The fraction of sp³-hybridized carbons (Fsp3) is 0.105. The highest BCUT2D eigenvalue weighted by molar-refractivity contribution is 7.99. The molecule has 0 aliphatic heterocycles. The number of amides is 1. The first-order valence-corrected chi connectivity index (χ1v) is 9.67. The van der Waals surface area contributed by atoms with E-state index >= 15 is 0 Å². The zero-order valence-corrected chi connectivity index (χ0v) is 17.0. The molecule has 3 rings (SSSR count). The highest BCUT2D eigenvalue weighted by atomic mass is 32.2. The van der Waals surface area contributed by atoms with Crippen molar-refractivity contribution >= 4 is 34.9 Å². The Bertz CT molecular complexity index is 1120. The largest absolute Gasteiger partial charge is 0.345 e. The zero-order chi connectivity index (χ0) is 22.4. The van der Waals surface area contributed by atoms with Crippen LogP contribution in [0.15, 0.2) is 64.8 Å². The van der Waals surface area contributed by atoms with E-state index in [0.717, 1.165) is 28.5 Å². The van der Waals surface area contributed by atoms with Gasteiger partial charge in [-0.25, -0.2) is 9.97 Å². The lowest BCUT2D eigenvalue weighted by Gasteiger charge is -2.10. The number of benzene rings is 2. The SMILES string of the molecule is Cc1ccc(Sc2ncnc(NNC(=O)Cc3ccc([N+](=O)[O-])cc3)c2[N+](=O)[O-])cc1. The van der Waals surface area contributed by atoms with Crippen LogP contribution in [0.1, 0.15) is 11.1 Å². The van der Waals surface area contributed by atoms with Crippen LogP contribution >= 0.6 is 11.8 Å². The molecule has 0 unspecified atom stereocenters. The Kier molecular flexibility index (Phi) is 6.72. The molecule has 3 aromatic rings. The highest BCUT2D eigenvalue weighted by Crippen LogP contribution is 2.36. The number of rotatable bonds is 8. The van der Waals surface area contributed by atoms with Gasteiger partial charge in [-0.2, -0.15) is 0 Å². The van der Waals surface area contributed by atoms with Gasteiger partial charge in [0.25, 0.3) is 5.69 Å². The van der Waals surface area contributed by atoms with Gasteiger partial charge in [0.05, 0.1) is 16.3 Å². The summed E-state index contributed by atoms with van der Waals surface area (Å²) >= 11 is 1.11. The monoisotopic (exact) mass is 440 g/mol. The van der Waals surface area contributed by atoms with Gasteiger partial charge in [0, 0.05) is 17.0 Å². The zero-order valence-electron chi connectivity index (χ0n) is 16.1. The van der Waals surface area contributed by atoms with Gasteiger partial charge in [-0.1, -0.05) is 41.6 Å². The fourth-order valence-electron chi connectivity index (χ4n) is 2.51. The first-order valence-electron chi connectivity index (χ1n) is 8.85. The Hall–Kier alpha value is -4.06. The van der Waals surface area contributed by atoms with Gasteiger partial charge in [-0.05, 0) is 24.6 Å². The number of nitro benzene ring substituents is 1. The van der Waals surface area contributed by atoms with Crippen molar-refractivity contribution in [2.24, 2.45) is 0 Å². The van der Waals surface area contributed by atoms with Gasteiger partial charge in [0.2, 0.25) is 11.7 Å². The smallest absolute Gasteiger partial charge is 0.276 e. The lowest BCUT2D eigenvalue weighted by atomic mass is 10.1. The molecule has 1 aromatic heterocycles. The van der Waals surface area contributed by atoms with E-state index < -0.39 is 15.8 Å². The molecule has 2 N–H and O–H groups in total. The van der Waals surface area contributed by atoms with E-state index in [9.17, 15) is 25.0 Å². The van der Waals surface area contributed by atoms with E-state index in [1.54, 1.807) is 0 Å². The van der Waals surface area contributed by atoms with Gasteiger partial charge in [0.1, 0.15) is 6.33 Å². The molecule has 1 heterocycles. The molecule has 0 fully saturated rings. The second-order valence-electron chi connectivity index (χ2n) is 6.32. The number of hydrogen-bond acceptors (Lipinski definition) is 9. The minimum absolute atomic E-state index is 0.0856. The Morgan fingerprint density at radius 2 is 1.68 bits per heavy atom. The first-order chi connectivity index (χ1) is 14.8. The van der Waals surface area contributed by atoms with Crippen molar-refractivity contribution in [3.05, 3.63) is 86.2 Å². The molecule has 158 valence electrons. The van der Waals surface area contributed by atoms with E-state index in [0.29, 0.717) is 5.56 Å². The maximum atomic E-state index is 12.2. The van der Waals surface area contributed by atoms with Crippen LogP contribution in [-0.4, -0.2) is 25.7 Å². The summed E-state index contributed by atoms with van der Waals surface area (Å²) in [6.45, 7) is 1.93. The maximum absolute atomic E-state index is 12.2. The normalized spacial score (nSPS) is 10.4. The molecule has 1 amide bonds. The van der Waals surface area contributed by atoms with Gasteiger partial charge in [0.15, 0.2) is 5.03 Å². The summed E-state index contributed by atoms with van der Waals surface area (Å²) in [5.41, 5.74) is 5.96. The maximum Gasteiger partial charge on any atom is 0.345 e. The number of nitrogens with one attached hydrogen (secondary N) is 2. The average molecular weight is 440 g/mol. The van der Waals surface area contributed by atoms with Crippen LogP contribution in [-0.2, 0) is 11.2 Å². The highest BCUT2D eigenvalue weighted by Gasteiger charge is 2.24. The lowest BCUT2D eigenvalue weighted by Crippen LogP contribution is -2.31. The van der Waals surface area contributed by atoms with Gasteiger partial charge in [-0.15, -0.1) is 0 Å². The number of carbonyl (C=O) groups excluding carboxylic acids is 1. The predicted molar refractivity (Wildman–Crippen MR) is 113 cm³/mol. The number of hydrogen-bond donors (Lipinski definition) is 2. The first kappa shape index (κ1) is 21.6. The number of hydrazine groups is 1. The fourth-order valence-corrected chi connectivity index (χ4v) is 3.37. The van der Waals surface area contributed by atoms with Crippen molar-refractivity contribution in [1.82, 2.24) is 15.4 Å². The van der Waals surface area contributed by atoms with E-state index in [2.05, 4.69) is 20.8 Å². The van der Waals surface area contributed by atoms with Crippen molar-refractivity contribution < 1.29 is 14.6 Å². The number of carbonyl (C=O) groups is 1. The summed E-state index contributed by atoms with van der Waals surface area (Å²) in [4.78, 5) is 41.9. The van der Waals surface area contributed by atoms with Crippen LogP contribution < -0.4 is 10.9 Å². The Morgan fingerprint density at radius 1 is 1.00 bits per heavy atom. The van der Waals surface area contributed by atoms with Crippen molar-refractivity contribution in [2.45, 2.75) is 23.3 Å². The van der Waals surface area contributed by atoms with Gasteiger partial charge < -0.3 is 0 Å². The molecule has 0 bridgehead atoms. The third-order valence-electron chi connectivity index (χ3n) is 4.04. The molecule has 0 atom stereocenters. The average Bonchev–Trinajstić information content (AvgIpc) is 2.74. The molecule has 0 saturated carbocycles. The topological polar surface area (TPSA) is 153 Å². The van der Waals surface area contributed by atoms with E-state index in [4.69, 9.17) is 0 Å². The summed E-state index contributed by atoms with van der Waals surface area (Å²) in [5.74, 6) is -0.666.